The average Bonchev–Trinajstić information content (AvgIpc) is 2.85. The maximum atomic E-state index is 12.8. The van der Waals surface area contributed by atoms with Crippen molar-refractivity contribution in [1.29, 1.82) is 0 Å². The van der Waals surface area contributed by atoms with E-state index in [-0.39, 0.29) is 46.7 Å². The number of benzene rings is 2. The van der Waals surface area contributed by atoms with Crippen LogP contribution in [0.3, 0.4) is 0 Å². The molecule has 0 heterocycles. The Morgan fingerprint density at radius 2 is 1.60 bits per heavy atom. The van der Waals surface area contributed by atoms with Gasteiger partial charge >= 0.3 is 6.16 Å². The molecule has 10 heteroatoms. The first-order valence-electron chi connectivity index (χ1n) is 10.9. The summed E-state index contributed by atoms with van der Waals surface area (Å²) in [6.45, 7) is 5.37. The molecule has 2 rings (SSSR count). The maximum absolute atomic E-state index is 12.8. The van der Waals surface area contributed by atoms with E-state index in [4.69, 9.17) is 28.4 Å². The molecule has 0 aliphatic rings. The first-order chi connectivity index (χ1) is 16.6. The third kappa shape index (κ3) is 6.46. The summed E-state index contributed by atoms with van der Waals surface area (Å²) in [5, 5.41) is 10.8. The number of methoxy groups -OCH3 is 4. The van der Waals surface area contributed by atoms with Gasteiger partial charge in [-0.3, -0.25) is 14.2 Å². The molecule has 2 aromatic carbocycles. The van der Waals surface area contributed by atoms with Crippen LogP contribution >= 0.6 is 0 Å². The van der Waals surface area contributed by atoms with Gasteiger partial charge in [-0.25, -0.2) is 8.42 Å². The number of aromatic hydroxyl groups is 1. The zero-order valence-corrected chi connectivity index (χ0v) is 22.0. The second-order valence-electron chi connectivity index (χ2n) is 7.62. The number of allylic oxidation sites excluding steroid dienone is 1. The van der Waals surface area contributed by atoms with Gasteiger partial charge in [0.2, 0.25) is 11.5 Å². The summed E-state index contributed by atoms with van der Waals surface area (Å²) in [4.78, 5) is 0.249. The van der Waals surface area contributed by atoms with Gasteiger partial charge in [0, 0.05) is 25.3 Å². The standard InChI is InChI=1S/C25H34O9S/c1-8-33-25(31-6,32-7)34-22-20(18(3)21(26)23(29-4)24(22)30-5)15-14-17(2)16-35(27,28)19-12-10-9-11-13-19/h9-14,26H,8,15-16H2,1-7H3. The SMILES string of the molecule is CCOC(OC)(OC)Oc1c(CC=C(C)CS(=O)(=O)c2ccccc2)c(C)c(O)c(OC)c1OC. The minimum Gasteiger partial charge on any atom is -0.504 e. The molecule has 0 aliphatic heterocycles. The molecule has 0 unspecified atom stereocenters. The predicted octanol–water partition coefficient (Wildman–Crippen LogP) is 4.00. The van der Waals surface area contributed by atoms with Crippen molar-refractivity contribution in [2.45, 2.75) is 38.2 Å². The number of sulfone groups is 1. The molecule has 1 N–H and O–H groups in total. The normalized spacial score (nSPS) is 12.5. The molecule has 194 valence electrons. The summed E-state index contributed by atoms with van der Waals surface area (Å²) in [7, 11) is 1.99. The van der Waals surface area contributed by atoms with Crippen molar-refractivity contribution >= 4 is 9.84 Å². The van der Waals surface area contributed by atoms with Gasteiger partial charge < -0.3 is 19.3 Å². The number of ether oxygens (including phenoxy) is 6. The van der Waals surface area contributed by atoms with E-state index in [9.17, 15) is 13.5 Å². The van der Waals surface area contributed by atoms with Crippen molar-refractivity contribution in [3.05, 3.63) is 53.1 Å². The van der Waals surface area contributed by atoms with Crippen LogP contribution < -0.4 is 14.2 Å². The van der Waals surface area contributed by atoms with Crippen LogP contribution in [0.1, 0.15) is 25.0 Å². The Labute approximate surface area is 207 Å². The molecule has 0 saturated carbocycles. The maximum Gasteiger partial charge on any atom is 0.460 e. The highest BCUT2D eigenvalue weighted by molar-refractivity contribution is 7.91. The Kier molecular flexibility index (Phi) is 9.96. The molecule has 0 amide bonds. The van der Waals surface area contributed by atoms with Gasteiger partial charge in [0.05, 0.1) is 31.5 Å². The van der Waals surface area contributed by atoms with E-state index in [0.717, 1.165) is 0 Å². The molecule has 0 fully saturated rings. The average molecular weight is 511 g/mol. The van der Waals surface area contributed by atoms with Crippen molar-refractivity contribution in [3.63, 3.8) is 0 Å². The van der Waals surface area contributed by atoms with E-state index in [2.05, 4.69) is 0 Å². The third-order valence-electron chi connectivity index (χ3n) is 5.34. The van der Waals surface area contributed by atoms with Gasteiger partial charge in [0.25, 0.3) is 0 Å². The van der Waals surface area contributed by atoms with Crippen LogP contribution in [0, 0.1) is 6.92 Å². The molecule has 0 bridgehead atoms. The lowest BCUT2D eigenvalue weighted by atomic mass is 10.0. The lowest BCUT2D eigenvalue weighted by molar-refractivity contribution is -0.455. The second kappa shape index (κ2) is 12.3. The molecule has 0 saturated heterocycles. The smallest absolute Gasteiger partial charge is 0.460 e. The summed E-state index contributed by atoms with van der Waals surface area (Å²) in [6.07, 6.45) is 0.0739. The van der Waals surface area contributed by atoms with E-state index in [0.29, 0.717) is 16.7 Å². The van der Waals surface area contributed by atoms with Crippen LogP contribution in [0.5, 0.6) is 23.0 Å². The van der Waals surface area contributed by atoms with Crippen LogP contribution in [-0.2, 0) is 30.5 Å². The van der Waals surface area contributed by atoms with Crippen molar-refractivity contribution < 1.29 is 41.9 Å². The van der Waals surface area contributed by atoms with Gasteiger partial charge in [0.15, 0.2) is 21.3 Å². The monoisotopic (exact) mass is 510 g/mol. The molecule has 0 spiro atoms. The first-order valence-corrected chi connectivity index (χ1v) is 12.6. The van der Waals surface area contributed by atoms with Crippen LogP contribution in [0.2, 0.25) is 0 Å². The number of rotatable bonds is 13. The number of hydrogen-bond acceptors (Lipinski definition) is 9. The highest BCUT2D eigenvalue weighted by atomic mass is 32.2. The minimum absolute atomic E-state index is 0.0636. The van der Waals surface area contributed by atoms with Gasteiger partial charge in [-0.1, -0.05) is 29.8 Å². The summed E-state index contributed by atoms with van der Waals surface area (Å²) in [5.41, 5.74) is 1.57. The Hall–Kier alpha value is -2.79. The van der Waals surface area contributed by atoms with Gasteiger partial charge in [-0.15, -0.1) is 0 Å². The third-order valence-corrected chi connectivity index (χ3v) is 7.17. The fourth-order valence-corrected chi connectivity index (χ4v) is 4.98. The first kappa shape index (κ1) is 28.4. The predicted molar refractivity (Wildman–Crippen MR) is 131 cm³/mol. The summed E-state index contributed by atoms with van der Waals surface area (Å²) >= 11 is 0. The number of phenols is 1. The largest absolute Gasteiger partial charge is 0.504 e. The Bertz CT molecular complexity index is 1120. The van der Waals surface area contributed by atoms with Crippen LogP contribution in [0.25, 0.3) is 0 Å². The van der Waals surface area contributed by atoms with Crippen LogP contribution in [0.15, 0.2) is 46.9 Å². The van der Waals surface area contributed by atoms with Crippen LogP contribution in [-0.4, -0.2) is 60.5 Å². The fourth-order valence-electron chi connectivity index (χ4n) is 3.52. The highest BCUT2D eigenvalue weighted by Gasteiger charge is 2.38. The molecule has 0 atom stereocenters. The lowest BCUT2D eigenvalue weighted by Crippen LogP contribution is -2.43. The van der Waals surface area contributed by atoms with E-state index in [1.165, 1.54) is 28.4 Å². The Morgan fingerprint density at radius 1 is 1.00 bits per heavy atom. The van der Waals surface area contributed by atoms with Gasteiger partial charge in [-0.2, -0.15) is 0 Å². The second-order valence-corrected chi connectivity index (χ2v) is 9.61. The van der Waals surface area contributed by atoms with Crippen molar-refractivity contribution in [3.8, 4) is 23.0 Å². The zero-order chi connectivity index (χ0) is 26.2. The summed E-state index contributed by atoms with van der Waals surface area (Å²) < 4.78 is 58.7. The zero-order valence-electron chi connectivity index (χ0n) is 21.2. The fraction of sp³-hybridized carbons (Fsp3) is 0.440. The van der Waals surface area contributed by atoms with Gasteiger partial charge in [-0.05, 0) is 39.3 Å². The van der Waals surface area contributed by atoms with Crippen molar-refractivity contribution in [1.82, 2.24) is 0 Å². The summed E-state index contributed by atoms with van der Waals surface area (Å²) in [5.74, 6) is 0.0311. The molecule has 0 aliphatic carbocycles. The highest BCUT2D eigenvalue weighted by Crippen LogP contribution is 2.50. The van der Waals surface area contributed by atoms with Crippen molar-refractivity contribution in [2.24, 2.45) is 0 Å². The van der Waals surface area contributed by atoms with E-state index < -0.39 is 16.0 Å². The number of phenolic OH excluding ortho intramolecular Hbond substituents is 1. The Balaban J connectivity index is 2.55. The quantitative estimate of drug-likeness (QED) is 0.316. The molecular formula is C25H34O9S. The van der Waals surface area contributed by atoms with Gasteiger partial charge in [0.1, 0.15) is 0 Å². The molecule has 9 nitrogen and oxygen atoms in total. The molecule has 2 aromatic rings. The molecule has 0 radical (unpaired) electrons. The molecule has 35 heavy (non-hydrogen) atoms. The minimum atomic E-state index is -3.51. The summed E-state index contributed by atoms with van der Waals surface area (Å²) in [6, 6.07) is 8.25. The van der Waals surface area contributed by atoms with Crippen LogP contribution in [0.4, 0.5) is 0 Å². The van der Waals surface area contributed by atoms with Crippen molar-refractivity contribution in [2.75, 3.05) is 40.8 Å². The molecule has 0 aromatic heterocycles. The van der Waals surface area contributed by atoms with E-state index in [1.807, 2.05) is 0 Å². The Morgan fingerprint density at radius 3 is 2.11 bits per heavy atom. The molecular weight excluding hydrogens is 476 g/mol. The lowest BCUT2D eigenvalue weighted by Gasteiger charge is -2.31. The van der Waals surface area contributed by atoms with E-state index in [1.54, 1.807) is 57.2 Å². The topological polar surface area (TPSA) is 110 Å². The van der Waals surface area contributed by atoms with E-state index >= 15 is 0 Å². The number of hydrogen-bond donors (Lipinski definition) is 1.